The van der Waals surface area contributed by atoms with Gasteiger partial charge in [0.2, 0.25) is 0 Å². The third-order valence-electron chi connectivity index (χ3n) is 6.32. The van der Waals surface area contributed by atoms with Crippen molar-refractivity contribution >= 4 is 29.3 Å². The molecule has 13 heteroatoms. The van der Waals surface area contributed by atoms with Crippen LogP contribution in [-0.4, -0.2) is 71.6 Å². The first-order chi connectivity index (χ1) is 16.7. The number of anilines is 3. The van der Waals surface area contributed by atoms with E-state index >= 15 is 0 Å². The van der Waals surface area contributed by atoms with Crippen molar-refractivity contribution < 1.29 is 32.6 Å². The van der Waals surface area contributed by atoms with Crippen LogP contribution >= 0.6 is 0 Å². The predicted molar refractivity (Wildman–Crippen MR) is 119 cm³/mol. The average Bonchev–Trinajstić information content (AvgIpc) is 3.25. The SMILES string of the molecule is O=C(N[C@H](CO)C(F)(F)F)c1ccc2c(n1)N(C(=O)Nc1cc3c(cn1)OCCC3)C1CCN2C1. The summed E-state index contributed by atoms with van der Waals surface area (Å²) in [4.78, 5) is 37.8. The van der Waals surface area contributed by atoms with Gasteiger partial charge in [0.25, 0.3) is 5.91 Å². The van der Waals surface area contributed by atoms with Gasteiger partial charge in [-0.2, -0.15) is 13.2 Å². The van der Waals surface area contributed by atoms with E-state index in [1.54, 1.807) is 23.6 Å². The second-order valence-electron chi connectivity index (χ2n) is 8.61. The molecule has 1 fully saturated rings. The third kappa shape index (κ3) is 4.43. The number of hydrogen-bond donors (Lipinski definition) is 3. The number of alkyl halides is 3. The van der Waals surface area contributed by atoms with Gasteiger partial charge in [-0.05, 0) is 43.0 Å². The van der Waals surface area contributed by atoms with Gasteiger partial charge in [0, 0.05) is 13.1 Å². The first kappa shape index (κ1) is 23.1. The Kier molecular flexibility index (Phi) is 5.87. The minimum atomic E-state index is -4.82. The van der Waals surface area contributed by atoms with Crippen molar-refractivity contribution in [2.45, 2.75) is 37.5 Å². The molecule has 5 rings (SSSR count). The number of carbonyl (C=O) groups excluding carboxylic acids is 2. The molecule has 2 bridgehead atoms. The Balaban J connectivity index is 1.41. The van der Waals surface area contributed by atoms with E-state index in [4.69, 9.17) is 9.84 Å². The normalized spacial score (nSPS) is 19.4. The van der Waals surface area contributed by atoms with E-state index in [-0.39, 0.29) is 17.6 Å². The van der Waals surface area contributed by atoms with Crippen LogP contribution < -0.4 is 25.2 Å². The molecule has 1 unspecified atom stereocenters. The van der Waals surface area contributed by atoms with Crippen molar-refractivity contribution in [2.75, 3.05) is 41.4 Å². The molecule has 35 heavy (non-hydrogen) atoms. The van der Waals surface area contributed by atoms with Crippen LogP contribution in [0.15, 0.2) is 24.4 Å². The topological polar surface area (TPSA) is 120 Å². The fraction of sp³-hybridized carbons (Fsp3) is 0.455. The Labute approximate surface area is 198 Å². The average molecular weight is 492 g/mol. The molecule has 0 aliphatic carbocycles. The molecule has 0 spiro atoms. The van der Waals surface area contributed by atoms with Crippen molar-refractivity contribution in [3.63, 3.8) is 0 Å². The van der Waals surface area contributed by atoms with Gasteiger partial charge >= 0.3 is 12.2 Å². The summed E-state index contributed by atoms with van der Waals surface area (Å²) in [5.41, 5.74) is 1.25. The minimum Gasteiger partial charge on any atom is -0.492 e. The summed E-state index contributed by atoms with van der Waals surface area (Å²) in [5.74, 6) is 0.0963. The maximum Gasteiger partial charge on any atom is 0.410 e. The third-order valence-corrected chi connectivity index (χ3v) is 6.32. The zero-order valence-corrected chi connectivity index (χ0v) is 18.5. The van der Waals surface area contributed by atoms with E-state index in [1.807, 2.05) is 4.90 Å². The minimum absolute atomic E-state index is 0.178. The molecule has 2 aromatic rings. The second-order valence-corrected chi connectivity index (χ2v) is 8.61. The summed E-state index contributed by atoms with van der Waals surface area (Å²) in [6, 6.07) is 1.46. The first-order valence-corrected chi connectivity index (χ1v) is 11.2. The number of amides is 3. The van der Waals surface area contributed by atoms with Gasteiger partial charge in [0.1, 0.15) is 23.3 Å². The Hall–Kier alpha value is -3.61. The van der Waals surface area contributed by atoms with E-state index in [9.17, 15) is 22.8 Å². The molecule has 3 N–H and O–H groups in total. The zero-order valence-electron chi connectivity index (χ0n) is 18.5. The number of ether oxygens (including phenoxy) is 1. The summed E-state index contributed by atoms with van der Waals surface area (Å²) in [6.45, 7) is 0.555. The van der Waals surface area contributed by atoms with Crippen LogP contribution in [0.4, 0.5) is 35.3 Å². The molecule has 5 heterocycles. The van der Waals surface area contributed by atoms with Crippen LogP contribution in [0.25, 0.3) is 0 Å². The van der Waals surface area contributed by atoms with E-state index in [2.05, 4.69) is 15.3 Å². The Bertz CT molecular complexity index is 1160. The standard InChI is InChI=1S/C22H23F3N6O4/c23-22(24,25)17(11-32)28-20(33)14-3-4-15-19(27-14)31(13-5-6-30(15)10-13)21(34)29-18-8-12-2-1-7-35-16(12)9-26-18/h3-4,8-9,13,17,32H,1-2,5-7,10-11H2,(H,28,33)(H,26,29,34)/t13?,17-/m1/s1. The molecule has 3 aliphatic rings. The molecule has 0 aromatic carbocycles. The number of carbonyl (C=O) groups is 2. The molecule has 0 radical (unpaired) electrons. The maximum atomic E-state index is 13.3. The van der Waals surface area contributed by atoms with Crippen molar-refractivity contribution in [3.8, 4) is 5.75 Å². The lowest BCUT2D eigenvalue weighted by Gasteiger charge is -2.35. The van der Waals surface area contributed by atoms with Crippen LogP contribution in [-0.2, 0) is 6.42 Å². The maximum absolute atomic E-state index is 13.3. The highest BCUT2D eigenvalue weighted by molar-refractivity contribution is 6.05. The number of nitrogens with zero attached hydrogens (tertiary/aromatic N) is 4. The van der Waals surface area contributed by atoms with Crippen LogP contribution in [0.1, 0.15) is 28.9 Å². The van der Waals surface area contributed by atoms with Gasteiger partial charge in [-0.25, -0.2) is 14.8 Å². The quantitative estimate of drug-likeness (QED) is 0.598. The summed E-state index contributed by atoms with van der Waals surface area (Å²) >= 11 is 0. The number of hydrogen-bond acceptors (Lipinski definition) is 7. The monoisotopic (exact) mass is 492 g/mol. The number of urea groups is 1. The van der Waals surface area contributed by atoms with Crippen molar-refractivity contribution in [3.05, 3.63) is 35.7 Å². The van der Waals surface area contributed by atoms with Gasteiger partial charge in [-0.1, -0.05) is 0 Å². The molecule has 0 saturated carbocycles. The predicted octanol–water partition coefficient (Wildman–Crippen LogP) is 2.09. The number of aromatic nitrogens is 2. The first-order valence-electron chi connectivity index (χ1n) is 11.2. The van der Waals surface area contributed by atoms with Gasteiger partial charge in [-0.3, -0.25) is 15.0 Å². The molecule has 1 saturated heterocycles. The molecular formula is C22H23F3N6O4. The van der Waals surface area contributed by atoms with Gasteiger partial charge < -0.3 is 20.1 Å². The largest absolute Gasteiger partial charge is 0.492 e. The highest BCUT2D eigenvalue weighted by atomic mass is 19.4. The summed E-state index contributed by atoms with van der Waals surface area (Å²) in [5, 5.41) is 13.5. The molecule has 3 aliphatic heterocycles. The zero-order chi connectivity index (χ0) is 24.7. The van der Waals surface area contributed by atoms with Crippen LogP contribution in [0.2, 0.25) is 0 Å². The molecular weight excluding hydrogens is 469 g/mol. The van der Waals surface area contributed by atoms with Crippen molar-refractivity contribution in [1.29, 1.82) is 0 Å². The number of halogens is 3. The molecule has 10 nitrogen and oxygen atoms in total. The van der Waals surface area contributed by atoms with Crippen LogP contribution in [0, 0.1) is 0 Å². The van der Waals surface area contributed by atoms with Crippen LogP contribution in [0.5, 0.6) is 5.75 Å². The number of fused-ring (bicyclic) bond motifs is 5. The van der Waals surface area contributed by atoms with Gasteiger partial charge in [0.15, 0.2) is 5.82 Å². The highest BCUT2D eigenvalue weighted by Crippen LogP contribution is 2.39. The highest BCUT2D eigenvalue weighted by Gasteiger charge is 2.42. The van der Waals surface area contributed by atoms with Crippen molar-refractivity contribution in [2.24, 2.45) is 0 Å². The van der Waals surface area contributed by atoms with E-state index in [0.717, 1.165) is 18.4 Å². The number of nitrogens with one attached hydrogen (secondary N) is 2. The van der Waals surface area contributed by atoms with E-state index in [1.165, 1.54) is 11.0 Å². The molecule has 2 aromatic heterocycles. The molecule has 2 atom stereocenters. The number of pyridine rings is 2. The smallest absolute Gasteiger partial charge is 0.410 e. The number of aryl methyl sites for hydroxylation is 1. The van der Waals surface area contributed by atoms with E-state index in [0.29, 0.717) is 43.4 Å². The Morgan fingerprint density at radius 2 is 2.14 bits per heavy atom. The summed E-state index contributed by atoms with van der Waals surface area (Å²) in [7, 11) is 0. The second kappa shape index (κ2) is 8.87. The fourth-order valence-electron chi connectivity index (χ4n) is 4.55. The molecule has 3 amide bonds. The fourth-order valence-corrected chi connectivity index (χ4v) is 4.55. The van der Waals surface area contributed by atoms with E-state index < -0.39 is 30.8 Å². The Morgan fingerprint density at radius 3 is 2.91 bits per heavy atom. The number of aliphatic hydroxyl groups excluding tert-OH is 1. The number of rotatable bonds is 4. The molecule has 186 valence electrons. The van der Waals surface area contributed by atoms with Crippen molar-refractivity contribution in [1.82, 2.24) is 15.3 Å². The lowest BCUT2D eigenvalue weighted by Crippen LogP contribution is -2.49. The summed E-state index contributed by atoms with van der Waals surface area (Å²) < 4.78 is 44.5. The lowest BCUT2D eigenvalue weighted by atomic mass is 10.1. The lowest BCUT2D eigenvalue weighted by molar-refractivity contribution is -0.161. The summed E-state index contributed by atoms with van der Waals surface area (Å²) in [6.07, 6.45) is -0.927. The van der Waals surface area contributed by atoms with Crippen LogP contribution in [0.3, 0.4) is 0 Å². The number of aliphatic hydroxyl groups is 1. The Morgan fingerprint density at radius 1 is 1.31 bits per heavy atom. The van der Waals surface area contributed by atoms with Gasteiger partial charge in [-0.15, -0.1) is 0 Å². The van der Waals surface area contributed by atoms with Gasteiger partial charge in [0.05, 0.1) is 31.1 Å².